The van der Waals surface area contributed by atoms with E-state index in [1.165, 1.54) is 4.57 Å². The molecule has 0 fully saturated rings. The van der Waals surface area contributed by atoms with Gasteiger partial charge in [-0.05, 0) is 24.6 Å². The van der Waals surface area contributed by atoms with Crippen molar-refractivity contribution in [2.75, 3.05) is 7.11 Å². The fraction of sp³-hybridized carbons (Fsp3) is 0.214. The number of hydrogen-bond acceptors (Lipinski definition) is 4. The fourth-order valence-electron chi connectivity index (χ4n) is 1.97. The SMILES string of the molecule is COc1ccc(C(C)n2cc(C(=O)O)c(=O)[nH]c2=O)cc1. The molecule has 1 unspecified atom stereocenters. The van der Waals surface area contributed by atoms with Gasteiger partial charge in [-0.15, -0.1) is 0 Å². The van der Waals surface area contributed by atoms with Crippen molar-refractivity contribution >= 4 is 5.97 Å². The van der Waals surface area contributed by atoms with Gasteiger partial charge in [-0.25, -0.2) is 9.59 Å². The number of nitrogens with zero attached hydrogens (tertiary/aromatic N) is 1. The van der Waals surface area contributed by atoms with E-state index in [0.29, 0.717) is 5.75 Å². The van der Waals surface area contributed by atoms with Gasteiger partial charge in [0.15, 0.2) is 0 Å². The number of hydrogen-bond donors (Lipinski definition) is 2. The maximum Gasteiger partial charge on any atom is 0.342 e. The van der Waals surface area contributed by atoms with E-state index in [1.54, 1.807) is 38.3 Å². The summed E-state index contributed by atoms with van der Waals surface area (Å²) in [7, 11) is 1.55. The van der Waals surface area contributed by atoms with E-state index < -0.39 is 28.8 Å². The average molecular weight is 290 g/mol. The molecule has 0 bridgehead atoms. The zero-order chi connectivity index (χ0) is 15.6. The average Bonchev–Trinajstić information content (AvgIpc) is 2.46. The molecule has 0 amide bonds. The summed E-state index contributed by atoms with van der Waals surface area (Å²) in [4.78, 5) is 36.2. The van der Waals surface area contributed by atoms with E-state index in [4.69, 9.17) is 9.84 Å². The topological polar surface area (TPSA) is 101 Å². The summed E-state index contributed by atoms with van der Waals surface area (Å²) < 4.78 is 6.22. The minimum Gasteiger partial charge on any atom is -0.497 e. The molecule has 110 valence electrons. The van der Waals surface area contributed by atoms with Crippen molar-refractivity contribution in [2.45, 2.75) is 13.0 Å². The monoisotopic (exact) mass is 290 g/mol. The molecule has 0 aliphatic rings. The Morgan fingerprint density at radius 3 is 2.43 bits per heavy atom. The Morgan fingerprint density at radius 1 is 1.29 bits per heavy atom. The molecule has 1 heterocycles. The van der Waals surface area contributed by atoms with Crippen molar-refractivity contribution in [1.82, 2.24) is 9.55 Å². The summed E-state index contributed by atoms with van der Waals surface area (Å²) in [6, 6.07) is 6.57. The first-order chi connectivity index (χ1) is 9.93. The summed E-state index contributed by atoms with van der Waals surface area (Å²) in [5.41, 5.74) is -1.27. The van der Waals surface area contributed by atoms with E-state index in [0.717, 1.165) is 11.8 Å². The zero-order valence-corrected chi connectivity index (χ0v) is 11.5. The first kappa shape index (κ1) is 14.6. The Balaban J connectivity index is 2.49. The smallest absolute Gasteiger partial charge is 0.342 e. The largest absolute Gasteiger partial charge is 0.497 e. The number of carboxylic acids is 1. The molecule has 0 aliphatic carbocycles. The summed E-state index contributed by atoms with van der Waals surface area (Å²) in [6.07, 6.45) is 1.05. The molecule has 0 spiro atoms. The molecule has 2 rings (SSSR count). The van der Waals surface area contributed by atoms with Crippen LogP contribution >= 0.6 is 0 Å². The van der Waals surface area contributed by atoms with Crippen molar-refractivity contribution in [2.24, 2.45) is 0 Å². The van der Waals surface area contributed by atoms with Crippen molar-refractivity contribution in [1.29, 1.82) is 0 Å². The fourth-order valence-corrected chi connectivity index (χ4v) is 1.97. The number of nitrogens with one attached hydrogen (secondary N) is 1. The third-order valence-corrected chi connectivity index (χ3v) is 3.21. The van der Waals surface area contributed by atoms with E-state index in [2.05, 4.69) is 0 Å². The lowest BCUT2D eigenvalue weighted by molar-refractivity contribution is 0.0693. The van der Waals surface area contributed by atoms with Crippen LogP contribution in [0.2, 0.25) is 0 Å². The number of aromatic amines is 1. The summed E-state index contributed by atoms with van der Waals surface area (Å²) >= 11 is 0. The summed E-state index contributed by atoms with van der Waals surface area (Å²) in [5.74, 6) is -0.710. The van der Waals surface area contributed by atoms with Crippen LogP contribution in [0.5, 0.6) is 5.75 Å². The zero-order valence-electron chi connectivity index (χ0n) is 11.5. The van der Waals surface area contributed by atoms with Gasteiger partial charge in [-0.1, -0.05) is 12.1 Å². The van der Waals surface area contributed by atoms with Crippen molar-refractivity contribution < 1.29 is 14.6 Å². The van der Waals surface area contributed by atoms with Crippen LogP contribution in [-0.2, 0) is 0 Å². The molecule has 7 heteroatoms. The maximum absolute atomic E-state index is 11.8. The first-order valence-corrected chi connectivity index (χ1v) is 6.16. The molecule has 2 aromatic rings. The molecule has 7 nitrogen and oxygen atoms in total. The second-order valence-corrected chi connectivity index (χ2v) is 4.46. The maximum atomic E-state index is 11.8. The van der Waals surface area contributed by atoms with E-state index >= 15 is 0 Å². The molecule has 0 saturated heterocycles. The molecule has 21 heavy (non-hydrogen) atoms. The lowest BCUT2D eigenvalue weighted by Gasteiger charge is -2.15. The number of methoxy groups -OCH3 is 1. The molecule has 1 atom stereocenters. The molecular formula is C14H14N2O5. The van der Waals surface area contributed by atoms with Crippen LogP contribution in [0.25, 0.3) is 0 Å². The lowest BCUT2D eigenvalue weighted by Crippen LogP contribution is -2.35. The molecular weight excluding hydrogens is 276 g/mol. The highest BCUT2D eigenvalue weighted by Gasteiger charge is 2.16. The van der Waals surface area contributed by atoms with Crippen LogP contribution in [-0.4, -0.2) is 27.7 Å². The van der Waals surface area contributed by atoms with Gasteiger partial charge in [0.25, 0.3) is 5.56 Å². The number of carbonyl (C=O) groups is 1. The van der Waals surface area contributed by atoms with Gasteiger partial charge >= 0.3 is 11.7 Å². The third kappa shape index (κ3) is 2.86. The number of aromatic carboxylic acids is 1. The minimum atomic E-state index is -1.38. The molecule has 1 aromatic heterocycles. The highest BCUT2D eigenvalue weighted by atomic mass is 16.5. The highest BCUT2D eigenvalue weighted by molar-refractivity contribution is 5.86. The van der Waals surface area contributed by atoms with Gasteiger partial charge in [0.2, 0.25) is 0 Å². The van der Waals surface area contributed by atoms with Crippen molar-refractivity contribution in [3.8, 4) is 5.75 Å². The third-order valence-electron chi connectivity index (χ3n) is 3.21. The second-order valence-electron chi connectivity index (χ2n) is 4.46. The Morgan fingerprint density at radius 2 is 1.90 bits per heavy atom. The number of aromatic nitrogens is 2. The first-order valence-electron chi connectivity index (χ1n) is 6.16. The van der Waals surface area contributed by atoms with Crippen LogP contribution in [0.3, 0.4) is 0 Å². The minimum absolute atomic E-state index is 0.432. The van der Waals surface area contributed by atoms with Crippen LogP contribution < -0.4 is 16.0 Å². The summed E-state index contributed by atoms with van der Waals surface area (Å²) in [6.45, 7) is 1.73. The standard InChI is InChI=1S/C14H14N2O5/c1-8(9-3-5-10(21-2)6-4-9)16-7-11(13(18)19)12(17)15-14(16)20/h3-8H,1-2H3,(H,18,19)(H,15,17,20). The molecule has 0 saturated carbocycles. The molecule has 0 aliphatic heterocycles. The Kier molecular flexibility index (Phi) is 3.93. The van der Waals surface area contributed by atoms with Gasteiger partial charge in [-0.2, -0.15) is 0 Å². The highest BCUT2D eigenvalue weighted by Crippen LogP contribution is 2.19. The van der Waals surface area contributed by atoms with Crippen LogP contribution in [0.15, 0.2) is 40.1 Å². The number of rotatable bonds is 4. The Bertz CT molecular complexity index is 773. The Labute approximate surface area is 119 Å². The van der Waals surface area contributed by atoms with Crippen LogP contribution in [0, 0.1) is 0 Å². The Hall–Kier alpha value is -2.83. The van der Waals surface area contributed by atoms with Crippen molar-refractivity contribution in [3.05, 3.63) is 62.4 Å². The number of H-pyrrole nitrogens is 1. The molecule has 0 radical (unpaired) electrons. The predicted molar refractivity (Wildman–Crippen MR) is 75.1 cm³/mol. The number of carboxylic acid groups (broad SMARTS) is 1. The van der Waals surface area contributed by atoms with E-state index in [9.17, 15) is 14.4 Å². The van der Waals surface area contributed by atoms with E-state index in [1.807, 2.05) is 4.98 Å². The van der Waals surface area contributed by atoms with Gasteiger partial charge in [0.05, 0.1) is 13.2 Å². The number of benzene rings is 1. The normalized spacial score (nSPS) is 11.9. The van der Waals surface area contributed by atoms with Crippen molar-refractivity contribution in [3.63, 3.8) is 0 Å². The molecule has 1 aromatic carbocycles. The molecule has 2 N–H and O–H groups in total. The van der Waals surface area contributed by atoms with Gasteiger partial charge < -0.3 is 9.84 Å². The van der Waals surface area contributed by atoms with Crippen LogP contribution in [0.4, 0.5) is 0 Å². The van der Waals surface area contributed by atoms with Gasteiger partial charge in [-0.3, -0.25) is 14.3 Å². The summed E-state index contributed by atoms with van der Waals surface area (Å²) in [5, 5.41) is 8.95. The van der Waals surface area contributed by atoms with Gasteiger partial charge in [0, 0.05) is 6.20 Å². The quantitative estimate of drug-likeness (QED) is 0.869. The van der Waals surface area contributed by atoms with Gasteiger partial charge in [0.1, 0.15) is 11.3 Å². The predicted octanol–water partition coefficient (Wildman–Crippen LogP) is 0.853. The lowest BCUT2D eigenvalue weighted by atomic mass is 10.1. The number of ether oxygens (including phenoxy) is 1. The van der Waals surface area contributed by atoms with E-state index in [-0.39, 0.29) is 0 Å². The second kappa shape index (κ2) is 5.66. The van der Waals surface area contributed by atoms with Crippen LogP contribution in [0.1, 0.15) is 28.9 Å².